The van der Waals surface area contributed by atoms with Crippen LogP contribution in [-0.2, 0) is 20.1 Å². The Hall–Kier alpha value is -4.34. The number of aryl methyl sites for hydroxylation is 2. The maximum absolute atomic E-state index is 8.75. The first-order valence-corrected chi connectivity index (χ1v) is 23.7. The van der Waals surface area contributed by atoms with Crippen molar-refractivity contribution in [3.8, 4) is 39.7 Å². The van der Waals surface area contributed by atoms with E-state index in [9.17, 15) is 0 Å². The Balaban J connectivity index is 0.000000212. The summed E-state index contributed by atoms with van der Waals surface area (Å²) in [5, 5.41) is 11.0. The molecule has 0 saturated heterocycles. The number of benzene rings is 4. The van der Waals surface area contributed by atoms with Gasteiger partial charge in [0.15, 0.2) is 0 Å². The molecule has 3 aromatic heterocycles. The van der Waals surface area contributed by atoms with E-state index in [0.29, 0.717) is 11.5 Å². The average molecular weight is 879 g/mol. The molecule has 4 nitrogen and oxygen atoms in total. The van der Waals surface area contributed by atoms with E-state index < -0.39 is 13.3 Å². The van der Waals surface area contributed by atoms with Crippen molar-refractivity contribution >= 4 is 39.6 Å². The molecule has 0 bridgehead atoms. The van der Waals surface area contributed by atoms with Crippen LogP contribution in [0.2, 0.25) is 17.3 Å². The van der Waals surface area contributed by atoms with Gasteiger partial charge in [0.2, 0.25) is 0 Å². The summed E-state index contributed by atoms with van der Waals surface area (Å²) in [6.45, 7) is 8.66. The van der Waals surface area contributed by atoms with E-state index >= 15 is 0 Å². The number of nitrogens with zero attached hydrogens (tertiary/aromatic N) is 3. The number of furan rings is 1. The molecule has 0 aliphatic rings. The Morgan fingerprint density at radius 1 is 0.755 bits per heavy atom. The predicted octanol–water partition coefficient (Wildman–Crippen LogP) is 10.8. The molecular weight excluding hydrogens is 839 g/mol. The molecule has 0 spiro atoms. The van der Waals surface area contributed by atoms with Gasteiger partial charge in [-0.2, -0.15) is 0 Å². The first-order chi connectivity index (χ1) is 23.0. The van der Waals surface area contributed by atoms with Crippen LogP contribution >= 0.6 is 0 Å². The van der Waals surface area contributed by atoms with E-state index in [-0.39, 0.29) is 20.1 Å². The Morgan fingerprint density at radius 2 is 1.51 bits per heavy atom. The summed E-state index contributed by atoms with van der Waals surface area (Å²) in [7, 11) is 0. The minimum atomic E-state index is -1.78. The molecule has 3 heterocycles. The van der Waals surface area contributed by atoms with Gasteiger partial charge in [-0.25, -0.2) is 0 Å². The van der Waals surface area contributed by atoms with Crippen molar-refractivity contribution < 1.29 is 24.5 Å². The fourth-order valence-electron chi connectivity index (χ4n) is 5.95. The fourth-order valence-corrected chi connectivity index (χ4v) is 8.12. The number of aromatic nitrogens is 2. The summed E-state index contributed by atoms with van der Waals surface area (Å²) >= 11 is -1.78. The van der Waals surface area contributed by atoms with Gasteiger partial charge in [0.1, 0.15) is 5.58 Å². The van der Waals surface area contributed by atoms with Gasteiger partial charge >= 0.3 is 111 Å². The first kappa shape index (κ1) is 36.0. The molecule has 6 heteroatoms. The number of rotatable bonds is 5. The van der Waals surface area contributed by atoms with Gasteiger partial charge in [-0.3, -0.25) is 0 Å². The zero-order valence-electron chi connectivity index (χ0n) is 29.0. The molecule has 7 rings (SSSR count). The molecule has 1 radical (unpaired) electrons. The molecule has 0 aliphatic carbocycles. The summed E-state index contributed by atoms with van der Waals surface area (Å²) in [5.74, 6) is 7.50. The number of hydrogen-bond acceptors (Lipinski definition) is 4. The Labute approximate surface area is 306 Å². The fraction of sp³-hybridized carbons (Fsp3) is 0.186. The third kappa shape index (κ3) is 7.79. The second kappa shape index (κ2) is 15.1. The van der Waals surface area contributed by atoms with Crippen LogP contribution in [0.4, 0.5) is 0 Å². The predicted molar refractivity (Wildman–Crippen MR) is 201 cm³/mol. The maximum Gasteiger partial charge on any atom is 0 e. The summed E-state index contributed by atoms with van der Waals surface area (Å²) < 4.78 is 7.81. The molecule has 247 valence electrons. The Morgan fingerprint density at radius 3 is 2.14 bits per heavy atom. The van der Waals surface area contributed by atoms with Crippen LogP contribution in [0.1, 0.15) is 42.0 Å². The van der Waals surface area contributed by atoms with Crippen molar-refractivity contribution in [3.05, 3.63) is 138 Å². The Kier molecular flexibility index (Phi) is 11.0. The van der Waals surface area contributed by atoms with Crippen molar-refractivity contribution in [2.24, 2.45) is 0 Å². The van der Waals surface area contributed by atoms with Gasteiger partial charge in [0, 0.05) is 31.7 Å². The average Bonchev–Trinajstić information content (AvgIpc) is 3.48. The molecule has 0 saturated carbocycles. The van der Waals surface area contributed by atoms with Crippen LogP contribution in [0, 0.1) is 37.3 Å². The normalized spacial score (nSPS) is 11.2. The third-order valence-corrected chi connectivity index (χ3v) is 13.0. The van der Waals surface area contributed by atoms with Crippen LogP contribution in [0.25, 0.3) is 55.6 Å². The second-order valence-electron chi connectivity index (χ2n) is 13.6. The van der Waals surface area contributed by atoms with E-state index in [2.05, 4.69) is 123 Å². The molecule has 4 aromatic carbocycles. The van der Waals surface area contributed by atoms with Gasteiger partial charge < -0.3 is 9.40 Å². The van der Waals surface area contributed by atoms with Crippen molar-refractivity contribution in [1.29, 1.82) is 5.26 Å². The van der Waals surface area contributed by atoms with E-state index in [1.807, 2.05) is 36.7 Å². The summed E-state index contributed by atoms with van der Waals surface area (Å²) in [6.07, 6.45) is 3.94. The van der Waals surface area contributed by atoms with Gasteiger partial charge in [-0.05, 0) is 65.4 Å². The number of fused-ring (bicyclic) bond motifs is 3. The largest absolute Gasteiger partial charge is 0 e. The monoisotopic (exact) mass is 880 g/mol. The van der Waals surface area contributed by atoms with Crippen molar-refractivity contribution in [2.75, 3.05) is 0 Å². The smallest absolute Gasteiger partial charge is 0 e. The minimum absolute atomic E-state index is 0. The van der Waals surface area contributed by atoms with Gasteiger partial charge in [0.05, 0.1) is 5.58 Å². The summed E-state index contributed by atoms with van der Waals surface area (Å²) in [5.41, 5.74) is 12.2. The molecule has 0 N–H and O–H groups in total. The molecular formula is C43H39GeIrN3O-2. The van der Waals surface area contributed by atoms with Crippen LogP contribution in [0.3, 0.4) is 0 Å². The number of pyridine rings is 2. The standard InChI is InChI=1S/C28H24NO.C15H15GeN2.Ir/c1-17(2)24-15-26(29-16-19(24)4)23-12-8-11-22-25-14-21(20-9-6-5-7-10-20)13-18(3)27(25)30-28(22)23;1-16(2,3)14-8-9-15(18-11-14)13-6-4-12(10-17)5-7-13;/h5-11,13-17H,1-4H3;4-6,8-9,11H,1-3H3;/q2*-1;. The molecule has 0 aliphatic heterocycles. The minimum Gasteiger partial charge on any atom is 0 e. The van der Waals surface area contributed by atoms with Crippen LogP contribution in [0.5, 0.6) is 0 Å². The second-order valence-corrected chi connectivity index (χ2v) is 24.3. The topological polar surface area (TPSA) is 62.7 Å². The SMILES string of the molecule is Cc1cnc(-c2[c-]ccc3c2oc2c(C)cc(-c4ccccc4)cc23)cc1C(C)C.[CH3][Ge]([CH3])([CH3])[c]1ccc(-c2[c-]cc(C#N)cc2)nc1.[Ir]. The Bertz CT molecular complexity index is 2260. The van der Waals surface area contributed by atoms with Gasteiger partial charge in [-0.15, -0.1) is 18.2 Å². The molecule has 0 atom stereocenters. The zero-order valence-corrected chi connectivity index (χ0v) is 33.5. The molecule has 7 aromatic rings. The number of hydrogen-bond donors (Lipinski definition) is 0. The van der Waals surface area contributed by atoms with E-state index in [1.165, 1.54) is 26.6 Å². The van der Waals surface area contributed by atoms with E-state index in [1.54, 1.807) is 12.1 Å². The molecule has 0 amide bonds. The maximum atomic E-state index is 8.75. The van der Waals surface area contributed by atoms with Crippen LogP contribution < -0.4 is 4.40 Å². The first-order valence-electron chi connectivity index (χ1n) is 16.3. The van der Waals surface area contributed by atoms with E-state index in [0.717, 1.165) is 50.0 Å². The third-order valence-electron chi connectivity index (χ3n) is 8.70. The molecule has 0 fully saturated rings. The summed E-state index contributed by atoms with van der Waals surface area (Å²) in [4.78, 5) is 9.21. The van der Waals surface area contributed by atoms with Crippen LogP contribution in [0.15, 0.2) is 108 Å². The quantitative estimate of drug-likeness (QED) is 0.128. The molecule has 49 heavy (non-hydrogen) atoms. The van der Waals surface area contributed by atoms with E-state index in [4.69, 9.17) is 14.7 Å². The van der Waals surface area contributed by atoms with Gasteiger partial charge in [0.25, 0.3) is 0 Å². The molecule has 0 unspecified atom stereocenters. The number of nitriles is 1. The van der Waals surface area contributed by atoms with Crippen molar-refractivity contribution in [2.45, 2.75) is 50.9 Å². The summed E-state index contributed by atoms with van der Waals surface area (Å²) in [6, 6.07) is 39.3. The zero-order chi connectivity index (χ0) is 34.0. The van der Waals surface area contributed by atoms with Crippen LogP contribution in [-0.4, -0.2) is 23.2 Å². The van der Waals surface area contributed by atoms with Crippen molar-refractivity contribution in [1.82, 2.24) is 9.97 Å². The van der Waals surface area contributed by atoms with Gasteiger partial charge in [-0.1, -0.05) is 61.2 Å². The van der Waals surface area contributed by atoms with Crippen molar-refractivity contribution in [3.63, 3.8) is 0 Å².